The molecule has 0 heterocycles. The van der Waals surface area contributed by atoms with Crippen LogP contribution in [-0.4, -0.2) is 40.7 Å². The van der Waals surface area contributed by atoms with Gasteiger partial charge in [-0.3, -0.25) is 4.84 Å². The van der Waals surface area contributed by atoms with Gasteiger partial charge in [0.15, 0.2) is 0 Å². The van der Waals surface area contributed by atoms with E-state index >= 15 is 0 Å². The fourth-order valence-electron chi connectivity index (χ4n) is 0.578. The largest absolute Gasteiger partial charge is 0.442 e. The zero-order chi connectivity index (χ0) is 12.1. The first kappa shape index (κ1) is 14.2. The van der Waals surface area contributed by atoms with Crippen LogP contribution >= 0.6 is 0 Å². The van der Waals surface area contributed by atoms with Gasteiger partial charge in [0, 0.05) is 0 Å². The maximum atomic E-state index is 11.1. The fraction of sp³-hybridized carbons (Fsp3) is 0.889. The fourth-order valence-corrected chi connectivity index (χ4v) is 0.578. The van der Waals surface area contributed by atoms with Gasteiger partial charge < -0.3 is 14.9 Å². The Bertz CT molecular complexity index is 207. The summed E-state index contributed by atoms with van der Waals surface area (Å²) in [5.74, 6) is 0. The van der Waals surface area contributed by atoms with Gasteiger partial charge >= 0.3 is 6.09 Å². The van der Waals surface area contributed by atoms with Crippen molar-refractivity contribution in [2.75, 3.05) is 13.2 Å². The first-order chi connectivity index (χ1) is 6.72. The van der Waals surface area contributed by atoms with Crippen LogP contribution in [0.5, 0.6) is 0 Å². The summed E-state index contributed by atoms with van der Waals surface area (Å²) in [5, 5.41) is 17.7. The van der Waals surface area contributed by atoms with E-state index in [1.807, 2.05) is 5.48 Å². The molecule has 6 heteroatoms. The Balaban J connectivity index is 4.00. The van der Waals surface area contributed by atoms with E-state index in [1.165, 1.54) is 6.92 Å². The van der Waals surface area contributed by atoms with Gasteiger partial charge in [0.05, 0.1) is 13.2 Å². The molecule has 90 valence electrons. The van der Waals surface area contributed by atoms with Crippen LogP contribution in [0, 0.1) is 0 Å². The van der Waals surface area contributed by atoms with Crippen LogP contribution < -0.4 is 5.48 Å². The number of aliphatic hydroxyl groups excluding tert-OH is 2. The minimum atomic E-state index is -1.21. The molecule has 0 unspecified atom stereocenters. The van der Waals surface area contributed by atoms with Gasteiger partial charge in [0.2, 0.25) is 0 Å². The third kappa shape index (κ3) is 6.27. The van der Waals surface area contributed by atoms with Crippen molar-refractivity contribution >= 4 is 6.09 Å². The van der Waals surface area contributed by atoms with Crippen LogP contribution in [0.25, 0.3) is 0 Å². The molecular weight excluding hydrogens is 202 g/mol. The Morgan fingerprint density at radius 3 is 2.00 bits per heavy atom. The monoisotopic (exact) mass is 221 g/mol. The molecule has 0 saturated heterocycles. The lowest BCUT2D eigenvalue weighted by Gasteiger charge is -2.26. The molecule has 0 aliphatic heterocycles. The molecule has 0 radical (unpaired) electrons. The lowest BCUT2D eigenvalue weighted by atomic mass is 10.1. The molecule has 15 heavy (non-hydrogen) atoms. The topological polar surface area (TPSA) is 88.0 Å². The quantitative estimate of drug-likeness (QED) is 0.590. The molecule has 0 aliphatic carbocycles. The van der Waals surface area contributed by atoms with Crippen LogP contribution in [0.4, 0.5) is 4.79 Å². The third-order valence-electron chi connectivity index (χ3n) is 1.45. The Morgan fingerprint density at radius 2 is 1.67 bits per heavy atom. The van der Waals surface area contributed by atoms with Crippen molar-refractivity contribution in [1.29, 1.82) is 0 Å². The number of carbonyl (C=O) groups is 1. The number of hydrogen-bond acceptors (Lipinski definition) is 5. The molecule has 3 N–H and O–H groups in total. The van der Waals surface area contributed by atoms with Crippen molar-refractivity contribution in [2.24, 2.45) is 0 Å². The van der Waals surface area contributed by atoms with Crippen molar-refractivity contribution < 1.29 is 24.6 Å². The molecule has 0 rings (SSSR count). The zero-order valence-electron chi connectivity index (χ0n) is 9.53. The molecule has 0 aromatic heterocycles. The molecule has 0 fully saturated rings. The number of amides is 1. The highest BCUT2D eigenvalue weighted by Crippen LogP contribution is 2.09. The first-order valence-corrected chi connectivity index (χ1v) is 4.61. The minimum Gasteiger partial charge on any atom is -0.442 e. The molecule has 0 aliphatic rings. The Kier molecular flexibility index (Phi) is 4.99. The number of hydrogen-bond donors (Lipinski definition) is 3. The maximum absolute atomic E-state index is 11.1. The number of ether oxygens (including phenoxy) is 1. The summed E-state index contributed by atoms with van der Waals surface area (Å²) in [5.41, 5.74) is 0.166. The Morgan fingerprint density at radius 1 is 1.20 bits per heavy atom. The Hall–Kier alpha value is -0.850. The molecule has 0 bridgehead atoms. The molecule has 6 nitrogen and oxygen atoms in total. The second kappa shape index (κ2) is 5.29. The molecule has 0 aromatic rings. The summed E-state index contributed by atoms with van der Waals surface area (Å²) in [4.78, 5) is 15.9. The summed E-state index contributed by atoms with van der Waals surface area (Å²) in [6.07, 6.45) is -0.768. The number of nitrogens with one attached hydrogen (secondary N) is 1. The smallest absolute Gasteiger partial charge is 0.431 e. The van der Waals surface area contributed by atoms with E-state index in [1.54, 1.807) is 20.8 Å². The van der Waals surface area contributed by atoms with Crippen LogP contribution in [0.1, 0.15) is 27.7 Å². The summed E-state index contributed by atoms with van der Waals surface area (Å²) in [7, 11) is 0. The van der Waals surface area contributed by atoms with Gasteiger partial charge in [-0.1, -0.05) is 0 Å². The third-order valence-corrected chi connectivity index (χ3v) is 1.45. The van der Waals surface area contributed by atoms with Gasteiger partial charge in [0.25, 0.3) is 0 Å². The van der Waals surface area contributed by atoms with Crippen molar-refractivity contribution in [3.8, 4) is 0 Å². The number of rotatable bonds is 4. The van der Waals surface area contributed by atoms with E-state index in [0.717, 1.165) is 0 Å². The zero-order valence-corrected chi connectivity index (χ0v) is 9.53. The molecule has 0 atom stereocenters. The highest BCUT2D eigenvalue weighted by molar-refractivity contribution is 5.66. The first-order valence-electron chi connectivity index (χ1n) is 4.61. The normalized spacial score (nSPS) is 12.4. The second-order valence-electron chi connectivity index (χ2n) is 4.47. The average Bonchev–Trinajstić information content (AvgIpc) is 2.12. The van der Waals surface area contributed by atoms with Crippen molar-refractivity contribution in [3.63, 3.8) is 0 Å². The molecular formula is C9H19NO5. The number of hydroxylamine groups is 1. The summed E-state index contributed by atoms with van der Waals surface area (Å²) >= 11 is 0. The van der Waals surface area contributed by atoms with Gasteiger partial charge in [-0.05, 0) is 27.7 Å². The molecule has 0 spiro atoms. The minimum absolute atomic E-state index is 0.417. The van der Waals surface area contributed by atoms with E-state index in [0.29, 0.717) is 0 Å². The lowest BCUT2D eigenvalue weighted by Crippen LogP contribution is -2.45. The highest BCUT2D eigenvalue weighted by atomic mass is 16.7. The van der Waals surface area contributed by atoms with E-state index in [4.69, 9.17) is 19.8 Å². The summed E-state index contributed by atoms with van der Waals surface area (Å²) in [6, 6.07) is 0. The molecule has 1 amide bonds. The van der Waals surface area contributed by atoms with Crippen LogP contribution in [0.3, 0.4) is 0 Å². The van der Waals surface area contributed by atoms with Crippen molar-refractivity contribution in [1.82, 2.24) is 5.48 Å². The lowest BCUT2D eigenvalue weighted by molar-refractivity contribution is -0.138. The maximum Gasteiger partial charge on any atom is 0.431 e. The summed E-state index contributed by atoms with van der Waals surface area (Å²) < 4.78 is 4.88. The van der Waals surface area contributed by atoms with Crippen molar-refractivity contribution in [3.05, 3.63) is 0 Å². The summed E-state index contributed by atoms with van der Waals surface area (Å²) in [6.45, 7) is 5.75. The number of aliphatic hydroxyl groups is 2. The second-order valence-corrected chi connectivity index (χ2v) is 4.47. The van der Waals surface area contributed by atoms with Gasteiger partial charge in [-0.2, -0.15) is 5.48 Å². The average molecular weight is 221 g/mol. The SMILES string of the molecule is CC(C)(C)OC(=O)NOC(C)(CO)CO. The van der Waals surface area contributed by atoms with E-state index in [9.17, 15) is 4.79 Å². The predicted molar refractivity (Wildman–Crippen MR) is 53.0 cm³/mol. The van der Waals surface area contributed by atoms with E-state index in [2.05, 4.69) is 0 Å². The van der Waals surface area contributed by atoms with Gasteiger partial charge in [-0.15, -0.1) is 0 Å². The molecule has 0 aromatic carbocycles. The number of carbonyl (C=O) groups excluding carboxylic acids is 1. The van der Waals surface area contributed by atoms with E-state index in [-0.39, 0.29) is 0 Å². The van der Waals surface area contributed by atoms with Crippen molar-refractivity contribution in [2.45, 2.75) is 38.9 Å². The van der Waals surface area contributed by atoms with Crippen LogP contribution in [-0.2, 0) is 9.57 Å². The van der Waals surface area contributed by atoms with Crippen LogP contribution in [0.15, 0.2) is 0 Å². The van der Waals surface area contributed by atoms with Crippen LogP contribution in [0.2, 0.25) is 0 Å². The van der Waals surface area contributed by atoms with Gasteiger partial charge in [-0.25, -0.2) is 4.79 Å². The molecule has 0 saturated carbocycles. The Labute approximate surface area is 89.1 Å². The van der Waals surface area contributed by atoms with E-state index < -0.39 is 30.5 Å². The predicted octanol–water partition coefficient (Wildman–Crippen LogP) is 0.186. The van der Waals surface area contributed by atoms with Gasteiger partial charge in [0.1, 0.15) is 11.2 Å². The highest BCUT2D eigenvalue weighted by Gasteiger charge is 2.26. The standard InChI is InChI=1S/C9H19NO5/c1-8(2,3)14-7(13)10-15-9(4,5-11)6-12/h11-12H,5-6H2,1-4H3,(H,10,13).